The predicted molar refractivity (Wildman–Crippen MR) is 192 cm³/mol. The number of hydrogen-bond donors (Lipinski definition) is 1. The number of piperazine rings is 1. The summed E-state index contributed by atoms with van der Waals surface area (Å²) in [4.78, 5) is 56.7. The van der Waals surface area contributed by atoms with E-state index in [1.54, 1.807) is 22.5 Å². The molecule has 1 aromatic carbocycles. The molecule has 0 spiro atoms. The number of unbranched alkanes of at least 4 members (excludes halogenated alkanes) is 1. The SMILES string of the molecule is CCCCN1CCN(c2ccccc2C2SC(CC(=O)N3CCC(n4c(=O)[nH]c5ncccc54)CC3)C(=O)N2CCC(C)(C)C)CC1.[HH]. The first kappa shape index (κ1) is 33.6. The van der Waals surface area contributed by atoms with Gasteiger partial charge in [-0.2, -0.15) is 0 Å². The van der Waals surface area contributed by atoms with Crippen LogP contribution in [0.2, 0.25) is 0 Å². The largest absolute Gasteiger partial charge is 0.369 e. The van der Waals surface area contributed by atoms with Gasteiger partial charge in [0.05, 0.1) is 10.8 Å². The van der Waals surface area contributed by atoms with Crippen molar-refractivity contribution in [3.05, 3.63) is 58.6 Å². The summed E-state index contributed by atoms with van der Waals surface area (Å²) >= 11 is 1.65. The van der Waals surface area contributed by atoms with E-state index < -0.39 is 5.25 Å². The molecule has 47 heavy (non-hydrogen) atoms. The van der Waals surface area contributed by atoms with Crippen molar-refractivity contribution in [2.45, 2.75) is 82.9 Å². The lowest BCUT2D eigenvalue weighted by atomic mass is 9.92. The number of para-hydroxylation sites is 1. The Bertz CT molecular complexity index is 1600. The number of amides is 2. The number of carbonyl (C=O) groups excluding carboxylic acids is 2. The number of pyridine rings is 1. The highest BCUT2D eigenvalue weighted by molar-refractivity contribution is 8.01. The van der Waals surface area contributed by atoms with Crippen molar-refractivity contribution in [3.8, 4) is 0 Å². The number of H-pyrrole nitrogens is 1. The molecule has 3 aliphatic heterocycles. The molecule has 3 saturated heterocycles. The maximum atomic E-state index is 14.1. The number of nitrogens with one attached hydrogen (secondary N) is 1. The number of thioether (sulfide) groups is 1. The Morgan fingerprint density at radius 2 is 1.74 bits per heavy atom. The normalized spacial score (nSPS) is 21.7. The van der Waals surface area contributed by atoms with Gasteiger partial charge in [0.1, 0.15) is 5.37 Å². The van der Waals surface area contributed by atoms with Crippen LogP contribution in [0.1, 0.15) is 84.6 Å². The third-order valence-corrected chi connectivity index (χ3v) is 11.5. The summed E-state index contributed by atoms with van der Waals surface area (Å²) in [6.07, 6.45) is 6.61. The Morgan fingerprint density at radius 1 is 1.00 bits per heavy atom. The number of imidazole rings is 1. The highest BCUT2D eigenvalue weighted by Crippen LogP contribution is 2.48. The number of carbonyl (C=O) groups is 2. The highest BCUT2D eigenvalue weighted by atomic mass is 32.2. The molecule has 3 aliphatic rings. The van der Waals surface area contributed by atoms with Crippen molar-refractivity contribution >= 4 is 40.4 Å². The Hall–Kier alpha value is -3.31. The topological polar surface area (TPSA) is 97.8 Å². The summed E-state index contributed by atoms with van der Waals surface area (Å²) in [7, 11) is 0. The second-order valence-electron chi connectivity index (χ2n) is 14.5. The molecule has 10 nitrogen and oxygen atoms in total. The van der Waals surface area contributed by atoms with Crippen molar-refractivity contribution in [3.63, 3.8) is 0 Å². The number of likely N-dealkylation sites (tertiary alicyclic amines) is 1. The summed E-state index contributed by atoms with van der Waals surface area (Å²) in [6.45, 7) is 15.9. The molecule has 0 radical (unpaired) electrons. The van der Waals surface area contributed by atoms with Crippen LogP contribution < -0.4 is 10.6 Å². The third kappa shape index (κ3) is 7.56. The Labute approximate surface area is 284 Å². The molecule has 0 aliphatic carbocycles. The second-order valence-corrected chi connectivity index (χ2v) is 15.8. The molecule has 2 unspecified atom stereocenters. The van der Waals surface area contributed by atoms with E-state index in [2.05, 4.69) is 71.7 Å². The minimum Gasteiger partial charge on any atom is -0.369 e. The molecule has 2 amide bonds. The highest BCUT2D eigenvalue weighted by Gasteiger charge is 2.44. The van der Waals surface area contributed by atoms with Crippen molar-refractivity contribution in [1.29, 1.82) is 0 Å². The minimum atomic E-state index is -0.411. The first-order chi connectivity index (χ1) is 22.6. The molecule has 3 aromatic rings. The van der Waals surface area contributed by atoms with E-state index in [4.69, 9.17) is 0 Å². The fourth-order valence-electron chi connectivity index (χ4n) is 7.21. The third-order valence-electron chi connectivity index (χ3n) is 10.0. The lowest BCUT2D eigenvalue weighted by Gasteiger charge is -2.38. The van der Waals surface area contributed by atoms with Gasteiger partial charge in [-0.3, -0.25) is 24.0 Å². The molecular formula is C36H53N7O3S. The van der Waals surface area contributed by atoms with Crippen LogP contribution in [-0.2, 0) is 9.59 Å². The summed E-state index contributed by atoms with van der Waals surface area (Å²) in [5, 5.41) is -0.531. The maximum Gasteiger partial charge on any atom is 0.327 e. The van der Waals surface area contributed by atoms with Gasteiger partial charge in [0.2, 0.25) is 11.8 Å². The second kappa shape index (κ2) is 14.4. The number of rotatable bonds is 10. The molecule has 3 fully saturated rings. The minimum absolute atomic E-state index is 0. The number of nitrogens with zero attached hydrogens (tertiary/aromatic N) is 6. The Balaban J connectivity index is 0.00000451. The molecule has 1 N–H and O–H groups in total. The zero-order chi connectivity index (χ0) is 33.1. The van der Waals surface area contributed by atoms with Crippen LogP contribution in [0.25, 0.3) is 11.2 Å². The number of hydrogen-bond acceptors (Lipinski definition) is 7. The molecule has 2 atom stereocenters. The van der Waals surface area contributed by atoms with Crippen LogP contribution >= 0.6 is 11.8 Å². The lowest BCUT2D eigenvalue weighted by molar-refractivity contribution is -0.136. The van der Waals surface area contributed by atoms with E-state index >= 15 is 0 Å². The molecule has 6 rings (SSSR count). The van der Waals surface area contributed by atoms with Crippen LogP contribution in [-0.4, -0.2) is 98.7 Å². The van der Waals surface area contributed by atoms with Gasteiger partial charge in [-0.25, -0.2) is 9.78 Å². The first-order valence-electron chi connectivity index (χ1n) is 17.5. The van der Waals surface area contributed by atoms with E-state index in [0.29, 0.717) is 38.1 Å². The fraction of sp³-hybridized carbons (Fsp3) is 0.611. The molecule has 5 heterocycles. The standard InChI is InChI=1S/C36H51N7O3S.H2/c1-5-6-17-39-21-23-40(24-22-39)28-11-8-7-10-27(28)34-42(20-15-36(2,3)4)33(45)30(47-34)25-31(44)41-18-13-26(14-19-41)43-29-12-9-16-37-32(29)38-35(43)46;/h7-12,16,26,30,34H,5-6,13-15,17-25H2,1-4H3,(H,37,38,46);1H. The zero-order valence-corrected chi connectivity index (χ0v) is 29.3. The van der Waals surface area contributed by atoms with Gasteiger partial charge in [0.15, 0.2) is 5.65 Å². The molecule has 2 aromatic heterocycles. The van der Waals surface area contributed by atoms with Gasteiger partial charge in [-0.1, -0.05) is 52.3 Å². The van der Waals surface area contributed by atoms with Gasteiger partial charge in [0, 0.05) is 77.2 Å². The van der Waals surface area contributed by atoms with Crippen LogP contribution in [0, 0.1) is 5.41 Å². The summed E-state index contributed by atoms with van der Waals surface area (Å²) in [5.74, 6) is 0.0969. The van der Waals surface area contributed by atoms with E-state index in [9.17, 15) is 14.4 Å². The fourth-order valence-corrected chi connectivity index (χ4v) is 8.71. The van der Waals surface area contributed by atoms with Crippen LogP contribution in [0.3, 0.4) is 0 Å². The average molecular weight is 664 g/mol. The van der Waals surface area contributed by atoms with Crippen LogP contribution in [0.4, 0.5) is 5.69 Å². The van der Waals surface area contributed by atoms with E-state index in [1.807, 2.05) is 21.9 Å². The summed E-state index contributed by atoms with van der Waals surface area (Å²) in [6, 6.07) is 12.3. The van der Waals surface area contributed by atoms with E-state index in [1.165, 1.54) is 24.1 Å². The van der Waals surface area contributed by atoms with Gasteiger partial charge in [-0.05, 0) is 55.8 Å². The predicted octanol–water partition coefficient (Wildman–Crippen LogP) is 5.53. The maximum absolute atomic E-state index is 14.1. The van der Waals surface area contributed by atoms with E-state index in [0.717, 1.165) is 44.7 Å². The van der Waals surface area contributed by atoms with Gasteiger partial charge in [-0.15, -0.1) is 11.8 Å². The van der Waals surface area contributed by atoms with Crippen molar-refractivity contribution in [2.24, 2.45) is 5.41 Å². The number of anilines is 1. The van der Waals surface area contributed by atoms with Crippen LogP contribution in [0.15, 0.2) is 47.4 Å². The first-order valence-corrected chi connectivity index (χ1v) is 18.4. The number of benzene rings is 1. The van der Waals surface area contributed by atoms with Crippen molar-refractivity contribution in [1.82, 2.24) is 29.2 Å². The van der Waals surface area contributed by atoms with Crippen molar-refractivity contribution in [2.75, 3.05) is 57.3 Å². The van der Waals surface area contributed by atoms with Gasteiger partial charge >= 0.3 is 5.69 Å². The number of fused-ring (bicyclic) bond motifs is 1. The Kier molecular flexibility index (Phi) is 10.3. The summed E-state index contributed by atoms with van der Waals surface area (Å²) < 4.78 is 1.79. The average Bonchev–Trinajstić information content (AvgIpc) is 3.57. The van der Waals surface area contributed by atoms with Gasteiger partial charge < -0.3 is 14.7 Å². The van der Waals surface area contributed by atoms with Gasteiger partial charge in [0.25, 0.3) is 0 Å². The molecule has 256 valence electrons. The monoisotopic (exact) mass is 663 g/mol. The van der Waals surface area contributed by atoms with Crippen molar-refractivity contribution < 1.29 is 11.0 Å². The zero-order valence-electron chi connectivity index (χ0n) is 28.5. The molecule has 0 saturated carbocycles. The van der Waals surface area contributed by atoms with E-state index in [-0.39, 0.29) is 42.2 Å². The molecule has 11 heteroatoms. The number of aromatic nitrogens is 3. The molecular weight excluding hydrogens is 611 g/mol. The number of aromatic amines is 1. The smallest absolute Gasteiger partial charge is 0.327 e. The molecule has 0 bridgehead atoms. The lowest BCUT2D eigenvalue weighted by Crippen LogP contribution is -2.47. The van der Waals surface area contributed by atoms with Crippen LogP contribution in [0.5, 0.6) is 0 Å². The Morgan fingerprint density at radius 3 is 2.47 bits per heavy atom. The number of piperidine rings is 1. The quantitative estimate of drug-likeness (QED) is 0.305. The summed E-state index contributed by atoms with van der Waals surface area (Å²) in [5.41, 5.74) is 3.72.